The molecule has 2 aliphatic rings. The topological polar surface area (TPSA) is 37.3 Å². The first-order valence-electron chi connectivity index (χ1n) is 4.64. The van der Waals surface area contributed by atoms with Crippen molar-refractivity contribution in [1.29, 1.82) is 0 Å². The summed E-state index contributed by atoms with van der Waals surface area (Å²) in [5, 5.41) is 9.72. The van der Waals surface area contributed by atoms with Gasteiger partial charge in [0.05, 0.1) is 0 Å². The Bertz CT molecular complexity index is 240. The van der Waals surface area contributed by atoms with Crippen LogP contribution in [0.3, 0.4) is 0 Å². The fourth-order valence-corrected chi connectivity index (χ4v) is 2.70. The average Bonchev–Trinajstić information content (AvgIpc) is 2.46. The lowest BCUT2D eigenvalue weighted by Gasteiger charge is -2.25. The van der Waals surface area contributed by atoms with Crippen LogP contribution < -0.4 is 0 Å². The van der Waals surface area contributed by atoms with Crippen molar-refractivity contribution in [3.63, 3.8) is 0 Å². The molecular formula is C10H16O2. The second-order valence-electron chi connectivity index (χ2n) is 5.08. The molecule has 0 heterocycles. The lowest BCUT2D eigenvalue weighted by molar-refractivity contribution is -0.140. The molecule has 0 spiro atoms. The van der Waals surface area contributed by atoms with Crippen LogP contribution in [-0.2, 0) is 4.79 Å². The quantitative estimate of drug-likeness (QED) is 0.593. The van der Waals surface area contributed by atoms with Gasteiger partial charge < -0.3 is 5.11 Å². The molecule has 2 aliphatic carbocycles. The minimum absolute atomic E-state index is 0.0729. The van der Waals surface area contributed by atoms with Crippen molar-refractivity contribution in [2.24, 2.45) is 17.3 Å². The van der Waals surface area contributed by atoms with E-state index in [4.69, 9.17) is 0 Å². The van der Waals surface area contributed by atoms with E-state index < -0.39 is 5.60 Å². The first kappa shape index (κ1) is 8.24. The molecule has 0 aromatic carbocycles. The SMILES string of the molecule is CC1(C)[C@@H]2CC[C@](C)(O)C(=O)[C@@H]21. The van der Waals surface area contributed by atoms with Crippen molar-refractivity contribution in [1.82, 2.24) is 0 Å². The minimum atomic E-state index is -1.03. The highest BCUT2D eigenvalue weighted by atomic mass is 16.3. The van der Waals surface area contributed by atoms with Gasteiger partial charge in [0.1, 0.15) is 5.60 Å². The zero-order valence-electron chi connectivity index (χ0n) is 7.92. The molecule has 0 amide bonds. The standard InChI is InChI=1S/C10H16O2/c1-9(2)6-4-5-10(3,12)8(11)7(6)9/h6-7,12H,4-5H2,1-3H3/t6-,7-,10+/m1/s1. The fraction of sp³-hybridized carbons (Fsp3) is 0.900. The van der Waals surface area contributed by atoms with Crippen molar-refractivity contribution in [3.8, 4) is 0 Å². The van der Waals surface area contributed by atoms with Crippen LogP contribution >= 0.6 is 0 Å². The van der Waals surface area contributed by atoms with Crippen LogP contribution in [0.5, 0.6) is 0 Å². The summed E-state index contributed by atoms with van der Waals surface area (Å²) < 4.78 is 0. The Morgan fingerprint density at radius 3 is 2.50 bits per heavy atom. The van der Waals surface area contributed by atoms with Gasteiger partial charge in [-0.15, -0.1) is 0 Å². The van der Waals surface area contributed by atoms with Gasteiger partial charge in [0.25, 0.3) is 0 Å². The van der Waals surface area contributed by atoms with Crippen LogP contribution in [0.25, 0.3) is 0 Å². The predicted molar refractivity (Wildman–Crippen MR) is 45.6 cm³/mol. The van der Waals surface area contributed by atoms with Gasteiger partial charge in [0.2, 0.25) is 0 Å². The Hall–Kier alpha value is -0.370. The largest absolute Gasteiger partial charge is 0.382 e. The molecule has 0 aromatic heterocycles. The predicted octanol–water partition coefficient (Wildman–Crippen LogP) is 1.37. The van der Waals surface area contributed by atoms with Crippen LogP contribution in [0.15, 0.2) is 0 Å². The molecule has 2 rings (SSSR count). The maximum absolute atomic E-state index is 11.7. The highest BCUT2D eigenvalue weighted by Crippen LogP contribution is 2.64. The van der Waals surface area contributed by atoms with Crippen molar-refractivity contribution >= 4 is 5.78 Å². The van der Waals surface area contributed by atoms with Gasteiger partial charge in [-0.2, -0.15) is 0 Å². The number of carbonyl (C=O) groups excluding carboxylic acids is 1. The van der Waals surface area contributed by atoms with E-state index in [0.717, 1.165) is 6.42 Å². The van der Waals surface area contributed by atoms with Crippen molar-refractivity contribution in [2.75, 3.05) is 0 Å². The third-order valence-electron chi connectivity index (χ3n) is 3.81. The molecule has 12 heavy (non-hydrogen) atoms. The number of hydrogen-bond donors (Lipinski definition) is 1. The first-order valence-corrected chi connectivity index (χ1v) is 4.64. The van der Waals surface area contributed by atoms with E-state index in [1.807, 2.05) is 0 Å². The molecule has 0 aliphatic heterocycles. The van der Waals surface area contributed by atoms with Gasteiger partial charge in [0.15, 0.2) is 5.78 Å². The summed E-state index contributed by atoms with van der Waals surface area (Å²) in [5.74, 6) is 0.759. The number of aliphatic hydroxyl groups is 1. The van der Waals surface area contributed by atoms with E-state index >= 15 is 0 Å². The smallest absolute Gasteiger partial charge is 0.167 e. The van der Waals surface area contributed by atoms with E-state index in [2.05, 4.69) is 13.8 Å². The molecule has 68 valence electrons. The molecule has 0 saturated heterocycles. The fourth-order valence-electron chi connectivity index (χ4n) is 2.70. The Morgan fingerprint density at radius 2 is 2.00 bits per heavy atom. The summed E-state index contributed by atoms with van der Waals surface area (Å²) in [4.78, 5) is 11.7. The highest BCUT2D eigenvalue weighted by molar-refractivity contribution is 5.93. The van der Waals surface area contributed by atoms with E-state index in [-0.39, 0.29) is 17.1 Å². The van der Waals surface area contributed by atoms with E-state index in [1.54, 1.807) is 6.92 Å². The zero-order chi connectivity index (χ0) is 9.15. The van der Waals surface area contributed by atoms with E-state index in [9.17, 15) is 9.90 Å². The van der Waals surface area contributed by atoms with Crippen LogP contribution in [0, 0.1) is 17.3 Å². The van der Waals surface area contributed by atoms with Gasteiger partial charge in [-0.25, -0.2) is 0 Å². The summed E-state index contributed by atoms with van der Waals surface area (Å²) >= 11 is 0. The van der Waals surface area contributed by atoms with Gasteiger partial charge in [-0.1, -0.05) is 13.8 Å². The lowest BCUT2D eigenvalue weighted by atomic mass is 9.85. The maximum Gasteiger partial charge on any atom is 0.167 e. The van der Waals surface area contributed by atoms with Crippen LogP contribution in [0.4, 0.5) is 0 Å². The van der Waals surface area contributed by atoms with Crippen LogP contribution in [0.2, 0.25) is 0 Å². The Labute approximate surface area is 73.0 Å². The summed E-state index contributed by atoms with van der Waals surface area (Å²) in [6.07, 6.45) is 1.66. The number of rotatable bonds is 0. The van der Waals surface area contributed by atoms with Gasteiger partial charge in [-0.3, -0.25) is 4.79 Å². The molecule has 2 fully saturated rings. The highest BCUT2D eigenvalue weighted by Gasteiger charge is 2.66. The summed E-state index contributed by atoms with van der Waals surface area (Å²) in [7, 11) is 0. The van der Waals surface area contributed by atoms with Crippen molar-refractivity contribution in [2.45, 2.75) is 39.2 Å². The third-order valence-corrected chi connectivity index (χ3v) is 3.81. The monoisotopic (exact) mass is 168 g/mol. The first-order chi connectivity index (χ1) is 5.37. The van der Waals surface area contributed by atoms with Crippen molar-refractivity contribution in [3.05, 3.63) is 0 Å². The molecule has 0 unspecified atom stereocenters. The third kappa shape index (κ3) is 0.817. The Balaban J connectivity index is 2.24. The average molecular weight is 168 g/mol. The van der Waals surface area contributed by atoms with Crippen molar-refractivity contribution < 1.29 is 9.90 Å². The normalized spacial score (nSPS) is 50.2. The number of hydrogen-bond acceptors (Lipinski definition) is 2. The number of fused-ring (bicyclic) bond motifs is 1. The summed E-state index contributed by atoms with van der Waals surface area (Å²) in [6.45, 7) is 5.91. The summed E-state index contributed by atoms with van der Waals surface area (Å²) in [5.41, 5.74) is -0.869. The number of carbonyl (C=O) groups is 1. The molecule has 1 N–H and O–H groups in total. The Morgan fingerprint density at radius 1 is 1.42 bits per heavy atom. The molecule has 2 saturated carbocycles. The number of ketones is 1. The lowest BCUT2D eigenvalue weighted by Crippen LogP contribution is -2.39. The van der Waals surface area contributed by atoms with Gasteiger partial charge >= 0.3 is 0 Å². The molecule has 3 atom stereocenters. The molecule has 2 heteroatoms. The number of Topliss-reactive ketones (excluding diaryl/α,β-unsaturated/α-hetero) is 1. The van der Waals surface area contributed by atoms with E-state index in [1.165, 1.54) is 0 Å². The molecule has 0 aromatic rings. The Kier molecular flexibility index (Phi) is 1.32. The minimum Gasteiger partial charge on any atom is -0.382 e. The van der Waals surface area contributed by atoms with E-state index in [0.29, 0.717) is 12.3 Å². The molecule has 0 bridgehead atoms. The zero-order valence-corrected chi connectivity index (χ0v) is 7.92. The second-order valence-corrected chi connectivity index (χ2v) is 5.08. The van der Waals surface area contributed by atoms with Crippen LogP contribution in [0.1, 0.15) is 33.6 Å². The maximum atomic E-state index is 11.7. The molecular weight excluding hydrogens is 152 g/mol. The van der Waals surface area contributed by atoms with Crippen LogP contribution in [-0.4, -0.2) is 16.5 Å². The second kappa shape index (κ2) is 1.92. The van der Waals surface area contributed by atoms with Gasteiger partial charge in [0, 0.05) is 5.92 Å². The molecule has 0 radical (unpaired) electrons. The molecule has 2 nitrogen and oxygen atoms in total. The summed E-state index contributed by atoms with van der Waals surface area (Å²) in [6, 6.07) is 0. The van der Waals surface area contributed by atoms with Gasteiger partial charge in [-0.05, 0) is 31.1 Å².